The van der Waals surface area contributed by atoms with Crippen molar-refractivity contribution in [1.29, 1.82) is 0 Å². The highest BCUT2D eigenvalue weighted by molar-refractivity contribution is 7.90. The normalized spacial score (nSPS) is 17.5. The monoisotopic (exact) mass is 368 g/mol. The maximum Gasteiger partial charge on any atom is 0.324 e. The number of carbonyl (C=O) groups excluding carboxylic acids is 3. The van der Waals surface area contributed by atoms with Crippen molar-refractivity contribution in [3.63, 3.8) is 0 Å². The van der Waals surface area contributed by atoms with Gasteiger partial charge in [-0.1, -0.05) is 12.1 Å². The van der Waals surface area contributed by atoms with Gasteiger partial charge in [0.05, 0.1) is 17.9 Å². The summed E-state index contributed by atoms with van der Waals surface area (Å²) in [4.78, 5) is 36.6. The first-order valence-electron chi connectivity index (χ1n) is 7.71. The van der Waals surface area contributed by atoms with Gasteiger partial charge < -0.3 is 10.1 Å². The van der Waals surface area contributed by atoms with Crippen molar-refractivity contribution in [2.45, 2.75) is 19.4 Å². The molecule has 1 heterocycles. The first-order chi connectivity index (χ1) is 11.7. The first-order valence-corrected chi connectivity index (χ1v) is 9.77. The van der Waals surface area contributed by atoms with Gasteiger partial charge in [0.15, 0.2) is 5.78 Å². The smallest absolute Gasteiger partial charge is 0.324 e. The number of imide groups is 1. The molecule has 0 saturated carbocycles. The molecule has 1 saturated heterocycles. The van der Waals surface area contributed by atoms with Crippen LogP contribution in [0.2, 0.25) is 0 Å². The second kappa shape index (κ2) is 7.64. The molecule has 2 rings (SSSR count). The van der Waals surface area contributed by atoms with E-state index >= 15 is 0 Å². The Kier molecular flexibility index (Phi) is 5.78. The van der Waals surface area contributed by atoms with Crippen LogP contribution in [0.5, 0.6) is 5.75 Å². The molecular weight excluding hydrogens is 348 g/mol. The van der Waals surface area contributed by atoms with Gasteiger partial charge in [-0.15, -0.1) is 0 Å². The van der Waals surface area contributed by atoms with E-state index in [0.29, 0.717) is 11.3 Å². The highest BCUT2D eigenvalue weighted by Gasteiger charge is 2.37. The zero-order valence-electron chi connectivity index (χ0n) is 14.0. The largest absolute Gasteiger partial charge is 0.491 e. The van der Waals surface area contributed by atoms with E-state index in [9.17, 15) is 22.8 Å². The first kappa shape index (κ1) is 18.9. The molecule has 1 aromatic carbocycles. The Hall–Kier alpha value is -2.42. The van der Waals surface area contributed by atoms with E-state index in [0.717, 1.165) is 11.2 Å². The number of benzene rings is 1. The molecule has 1 aliphatic rings. The van der Waals surface area contributed by atoms with Gasteiger partial charge in [0, 0.05) is 6.26 Å². The van der Waals surface area contributed by atoms with E-state index in [1.54, 1.807) is 24.3 Å². The molecule has 1 aliphatic heterocycles. The lowest BCUT2D eigenvalue weighted by atomic mass is 10.1. The Morgan fingerprint density at radius 3 is 2.60 bits per heavy atom. The number of urea groups is 1. The highest BCUT2D eigenvalue weighted by Crippen LogP contribution is 2.18. The number of amides is 3. The van der Waals surface area contributed by atoms with Crippen molar-refractivity contribution < 1.29 is 27.5 Å². The summed E-state index contributed by atoms with van der Waals surface area (Å²) in [6, 6.07) is 5.28. The molecule has 0 bridgehead atoms. The SMILES string of the molecule is CC(=O)c1ccccc1OCCN1C(=O)NC(CCS(C)(=O)=O)C1=O. The highest BCUT2D eigenvalue weighted by atomic mass is 32.2. The number of nitrogens with zero attached hydrogens (tertiary/aromatic N) is 1. The van der Waals surface area contributed by atoms with Crippen molar-refractivity contribution in [3.8, 4) is 5.75 Å². The summed E-state index contributed by atoms with van der Waals surface area (Å²) in [5, 5.41) is 2.47. The van der Waals surface area contributed by atoms with Crippen LogP contribution in [-0.2, 0) is 14.6 Å². The Morgan fingerprint density at radius 1 is 1.28 bits per heavy atom. The molecule has 1 fully saturated rings. The molecule has 0 spiro atoms. The van der Waals surface area contributed by atoms with Crippen LogP contribution in [0, 0.1) is 0 Å². The fourth-order valence-electron chi connectivity index (χ4n) is 2.45. The van der Waals surface area contributed by atoms with E-state index in [1.165, 1.54) is 6.92 Å². The molecule has 0 aromatic heterocycles. The average molecular weight is 368 g/mol. The van der Waals surface area contributed by atoms with E-state index in [4.69, 9.17) is 4.74 Å². The van der Waals surface area contributed by atoms with E-state index in [-0.39, 0.29) is 31.1 Å². The van der Waals surface area contributed by atoms with Gasteiger partial charge in [-0.3, -0.25) is 14.5 Å². The number of sulfone groups is 1. The standard InChI is InChI=1S/C16H20N2O6S/c1-11(19)12-5-3-4-6-14(12)24-9-8-18-15(20)13(17-16(18)21)7-10-25(2,22)23/h3-6,13H,7-10H2,1-2H3,(H,17,21). The molecule has 0 radical (unpaired) electrons. The summed E-state index contributed by atoms with van der Waals surface area (Å²) in [5.74, 6) is -0.417. The lowest BCUT2D eigenvalue weighted by Gasteiger charge is -2.15. The third-order valence-corrected chi connectivity index (χ3v) is 4.70. The number of rotatable bonds is 8. The van der Waals surface area contributed by atoms with E-state index in [1.807, 2.05) is 0 Å². The summed E-state index contributed by atoms with van der Waals surface area (Å²) in [6.45, 7) is 1.46. The average Bonchev–Trinajstić information content (AvgIpc) is 2.80. The molecule has 1 unspecified atom stereocenters. The Morgan fingerprint density at radius 2 is 1.96 bits per heavy atom. The summed E-state index contributed by atoms with van der Waals surface area (Å²) < 4.78 is 27.9. The molecule has 8 nitrogen and oxygen atoms in total. The molecule has 1 aromatic rings. The third kappa shape index (κ3) is 5.02. The van der Waals surface area contributed by atoms with Crippen LogP contribution >= 0.6 is 0 Å². The van der Waals surface area contributed by atoms with Crippen molar-refractivity contribution in [2.75, 3.05) is 25.2 Å². The predicted molar refractivity (Wildman–Crippen MR) is 90.3 cm³/mol. The van der Waals surface area contributed by atoms with Gasteiger partial charge in [-0.2, -0.15) is 0 Å². The number of ketones is 1. The van der Waals surface area contributed by atoms with Crippen LogP contribution in [0.15, 0.2) is 24.3 Å². The number of ether oxygens (including phenoxy) is 1. The van der Waals surface area contributed by atoms with Gasteiger partial charge in [-0.25, -0.2) is 13.2 Å². The maximum absolute atomic E-state index is 12.2. The lowest BCUT2D eigenvalue weighted by Crippen LogP contribution is -2.35. The number of hydrogen-bond donors (Lipinski definition) is 1. The van der Waals surface area contributed by atoms with Crippen LogP contribution in [0.25, 0.3) is 0 Å². The van der Waals surface area contributed by atoms with E-state index in [2.05, 4.69) is 5.32 Å². The van der Waals surface area contributed by atoms with Crippen LogP contribution in [-0.4, -0.2) is 62.2 Å². The van der Waals surface area contributed by atoms with Gasteiger partial charge in [0.1, 0.15) is 28.2 Å². The summed E-state index contributed by atoms with van der Waals surface area (Å²) in [6.07, 6.45) is 1.11. The quantitative estimate of drug-likeness (QED) is 0.532. The fourth-order valence-corrected chi connectivity index (χ4v) is 3.11. The Balaban J connectivity index is 1.92. The van der Waals surface area contributed by atoms with Crippen LogP contribution in [0.4, 0.5) is 4.79 Å². The molecule has 136 valence electrons. The van der Waals surface area contributed by atoms with Gasteiger partial charge in [-0.05, 0) is 25.5 Å². The fraction of sp³-hybridized carbons (Fsp3) is 0.438. The van der Waals surface area contributed by atoms with Gasteiger partial charge >= 0.3 is 6.03 Å². The topological polar surface area (TPSA) is 110 Å². The van der Waals surface area contributed by atoms with Crippen molar-refractivity contribution in [1.82, 2.24) is 10.2 Å². The molecule has 1 atom stereocenters. The van der Waals surface area contributed by atoms with Gasteiger partial charge in [0.2, 0.25) is 0 Å². The minimum atomic E-state index is -3.21. The molecule has 25 heavy (non-hydrogen) atoms. The second-order valence-electron chi connectivity index (χ2n) is 5.81. The molecule has 3 amide bonds. The number of nitrogens with one attached hydrogen (secondary N) is 1. The van der Waals surface area contributed by atoms with Gasteiger partial charge in [0.25, 0.3) is 5.91 Å². The molecule has 1 N–H and O–H groups in total. The number of para-hydroxylation sites is 1. The Bertz CT molecular complexity index is 790. The minimum absolute atomic E-state index is 0.00623. The zero-order valence-corrected chi connectivity index (χ0v) is 14.8. The summed E-state index contributed by atoms with van der Waals surface area (Å²) in [7, 11) is -3.21. The summed E-state index contributed by atoms with van der Waals surface area (Å²) in [5.41, 5.74) is 0.422. The maximum atomic E-state index is 12.2. The zero-order chi connectivity index (χ0) is 18.6. The summed E-state index contributed by atoms with van der Waals surface area (Å²) >= 11 is 0. The lowest BCUT2D eigenvalue weighted by molar-refractivity contribution is -0.127. The van der Waals surface area contributed by atoms with Crippen LogP contribution < -0.4 is 10.1 Å². The number of hydrogen-bond acceptors (Lipinski definition) is 6. The van der Waals surface area contributed by atoms with Crippen LogP contribution in [0.1, 0.15) is 23.7 Å². The van der Waals surface area contributed by atoms with Crippen molar-refractivity contribution >= 4 is 27.6 Å². The second-order valence-corrected chi connectivity index (χ2v) is 8.07. The third-order valence-electron chi connectivity index (χ3n) is 3.72. The van der Waals surface area contributed by atoms with E-state index < -0.39 is 27.8 Å². The molecule has 9 heteroatoms. The molecule has 0 aliphatic carbocycles. The van der Waals surface area contributed by atoms with Crippen molar-refractivity contribution in [3.05, 3.63) is 29.8 Å². The minimum Gasteiger partial charge on any atom is -0.491 e. The Labute approximate surface area is 146 Å². The number of carbonyl (C=O) groups is 3. The number of Topliss-reactive ketones (excluding diaryl/α,β-unsaturated/α-hetero) is 1. The van der Waals surface area contributed by atoms with Crippen LogP contribution in [0.3, 0.4) is 0 Å². The molecular formula is C16H20N2O6S. The van der Waals surface area contributed by atoms with Crippen molar-refractivity contribution in [2.24, 2.45) is 0 Å². The predicted octanol–water partition coefficient (Wildman–Crippen LogP) is 0.623.